The summed E-state index contributed by atoms with van der Waals surface area (Å²) in [4.78, 5) is 27.9. The molecule has 1 aromatic carbocycles. The van der Waals surface area contributed by atoms with Crippen molar-refractivity contribution in [3.8, 4) is 6.01 Å². The second-order valence-electron chi connectivity index (χ2n) is 10.5. The molecular weight excluding hydrogens is 569 g/mol. The predicted molar refractivity (Wildman–Crippen MR) is 144 cm³/mol. The molecule has 2 aliphatic heterocycles. The number of halogens is 3. The molecule has 0 radical (unpaired) electrons. The molecule has 0 aliphatic carbocycles. The molecular formula is C25H34BrClFN5O4. The summed E-state index contributed by atoms with van der Waals surface area (Å²) in [5.74, 6) is -0.0554. The zero-order valence-corrected chi connectivity index (χ0v) is 24.2. The van der Waals surface area contributed by atoms with Crippen molar-refractivity contribution in [3.63, 3.8) is 0 Å². The van der Waals surface area contributed by atoms with Gasteiger partial charge in [0.1, 0.15) is 23.5 Å². The maximum atomic E-state index is 15.3. The minimum Gasteiger partial charge on any atom is -0.462 e. The Bertz CT molecular complexity index is 1140. The minimum absolute atomic E-state index is 0.0957. The molecule has 2 aliphatic rings. The fraction of sp³-hybridized carbons (Fsp3) is 0.640. The molecule has 12 heteroatoms. The van der Waals surface area contributed by atoms with Crippen LogP contribution in [0.15, 0.2) is 10.5 Å². The van der Waals surface area contributed by atoms with Crippen LogP contribution in [-0.2, 0) is 9.47 Å². The number of carbonyl (C=O) groups is 1. The Kier molecular flexibility index (Phi) is 8.67. The van der Waals surface area contributed by atoms with Gasteiger partial charge in [0, 0.05) is 50.2 Å². The number of anilines is 1. The van der Waals surface area contributed by atoms with Crippen molar-refractivity contribution >= 4 is 50.3 Å². The molecule has 4 rings (SSSR count). The van der Waals surface area contributed by atoms with Gasteiger partial charge in [0.05, 0.1) is 22.7 Å². The van der Waals surface area contributed by atoms with Gasteiger partial charge in [0.25, 0.3) is 0 Å². The van der Waals surface area contributed by atoms with Gasteiger partial charge in [-0.25, -0.2) is 9.18 Å². The lowest BCUT2D eigenvalue weighted by atomic mass is 10.1. The molecule has 37 heavy (non-hydrogen) atoms. The van der Waals surface area contributed by atoms with Crippen LogP contribution in [0.5, 0.6) is 6.01 Å². The molecule has 3 heterocycles. The van der Waals surface area contributed by atoms with Crippen LogP contribution < -0.4 is 9.64 Å². The van der Waals surface area contributed by atoms with E-state index in [0.29, 0.717) is 50.7 Å². The molecule has 1 amide bonds. The van der Waals surface area contributed by atoms with Gasteiger partial charge < -0.3 is 24.0 Å². The molecule has 0 bridgehead atoms. The molecule has 2 aromatic rings. The fourth-order valence-electron chi connectivity index (χ4n) is 4.51. The van der Waals surface area contributed by atoms with Crippen molar-refractivity contribution in [3.05, 3.63) is 21.4 Å². The number of morpholine rings is 1. The number of fused-ring (bicyclic) bond motifs is 1. The van der Waals surface area contributed by atoms with E-state index in [1.165, 1.54) is 0 Å². The van der Waals surface area contributed by atoms with Gasteiger partial charge in [0.15, 0.2) is 5.82 Å². The van der Waals surface area contributed by atoms with Gasteiger partial charge >= 0.3 is 12.1 Å². The standard InChI is InChI=1S/C25H34BrClFN5O4/c1-15-14-33(24(34)37-25(3,4)5)16(2)13-32(15)22-17-12-18(27)19(26)20(28)21(17)29-23(30-22)36-11-8-31-6-9-35-10-7-31/h12,15-16H,6-11,13-14H2,1-5H3. The zero-order valence-electron chi connectivity index (χ0n) is 21.9. The Labute approximate surface area is 230 Å². The summed E-state index contributed by atoms with van der Waals surface area (Å²) >= 11 is 9.55. The number of hydrogen-bond acceptors (Lipinski definition) is 8. The Morgan fingerprint density at radius 1 is 1.22 bits per heavy atom. The third-order valence-corrected chi connectivity index (χ3v) is 7.72. The molecule has 0 saturated carbocycles. The van der Waals surface area contributed by atoms with Gasteiger partial charge in [-0.1, -0.05) is 11.6 Å². The van der Waals surface area contributed by atoms with Crippen molar-refractivity contribution in [2.75, 3.05) is 57.4 Å². The predicted octanol–water partition coefficient (Wildman–Crippen LogP) is 4.73. The summed E-state index contributed by atoms with van der Waals surface area (Å²) in [6.45, 7) is 14.5. The molecule has 2 atom stereocenters. The summed E-state index contributed by atoms with van der Waals surface area (Å²) < 4.78 is 32.4. The average molecular weight is 603 g/mol. The van der Waals surface area contributed by atoms with E-state index in [0.717, 1.165) is 13.1 Å². The first kappa shape index (κ1) is 28.1. The smallest absolute Gasteiger partial charge is 0.410 e. The van der Waals surface area contributed by atoms with Crippen molar-refractivity contribution in [1.82, 2.24) is 19.8 Å². The maximum Gasteiger partial charge on any atom is 0.410 e. The number of aromatic nitrogens is 2. The lowest BCUT2D eigenvalue weighted by Crippen LogP contribution is -2.59. The lowest BCUT2D eigenvalue weighted by molar-refractivity contribution is 0.0129. The Hall–Kier alpha value is -1.95. The van der Waals surface area contributed by atoms with E-state index < -0.39 is 11.4 Å². The number of benzene rings is 1. The quantitative estimate of drug-likeness (QED) is 0.455. The van der Waals surface area contributed by atoms with Gasteiger partial charge in [0.2, 0.25) is 0 Å². The average Bonchev–Trinajstić information content (AvgIpc) is 2.83. The Morgan fingerprint density at radius 3 is 2.59 bits per heavy atom. The van der Waals surface area contributed by atoms with E-state index in [-0.39, 0.29) is 39.2 Å². The monoisotopic (exact) mass is 601 g/mol. The number of nitrogens with zero attached hydrogens (tertiary/aromatic N) is 5. The van der Waals surface area contributed by atoms with Crippen molar-refractivity contribution in [2.45, 2.75) is 52.3 Å². The fourth-order valence-corrected chi connectivity index (χ4v) is 5.00. The number of rotatable bonds is 5. The van der Waals surface area contributed by atoms with Crippen LogP contribution in [0.1, 0.15) is 34.6 Å². The van der Waals surface area contributed by atoms with Crippen molar-refractivity contribution < 1.29 is 23.4 Å². The highest BCUT2D eigenvalue weighted by molar-refractivity contribution is 9.10. The largest absolute Gasteiger partial charge is 0.462 e. The first-order valence-corrected chi connectivity index (χ1v) is 13.7. The summed E-state index contributed by atoms with van der Waals surface area (Å²) in [7, 11) is 0. The van der Waals surface area contributed by atoms with E-state index in [2.05, 4.69) is 25.8 Å². The molecule has 2 saturated heterocycles. The number of amides is 1. The highest BCUT2D eigenvalue weighted by atomic mass is 79.9. The van der Waals surface area contributed by atoms with Gasteiger partial charge in [-0.3, -0.25) is 4.90 Å². The number of piperazine rings is 1. The van der Waals surface area contributed by atoms with Crippen LogP contribution in [0.2, 0.25) is 5.02 Å². The Balaban J connectivity index is 1.62. The first-order valence-electron chi connectivity index (χ1n) is 12.5. The Morgan fingerprint density at radius 2 is 1.92 bits per heavy atom. The molecule has 0 N–H and O–H groups in total. The summed E-state index contributed by atoms with van der Waals surface area (Å²) in [5, 5.41) is 0.708. The number of hydrogen-bond donors (Lipinski definition) is 0. The van der Waals surface area contributed by atoms with E-state index in [4.69, 9.17) is 30.8 Å². The van der Waals surface area contributed by atoms with Crippen LogP contribution in [0.4, 0.5) is 15.0 Å². The normalized spacial score (nSPS) is 21.4. The summed E-state index contributed by atoms with van der Waals surface area (Å²) in [5.41, 5.74) is -0.466. The third kappa shape index (κ3) is 6.55. The lowest BCUT2D eigenvalue weighted by Gasteiger charge is -2.44. The van der Waals surface area contributed by atoms with E-state index in [1.807, 2.05) is 39.5 Å². The molecule has 1 aromatic heterocycles. The SMILES string of the molecule is CC1CN(c2nc(OCCN3CCOCC3)nc3c(F)c(Br)c(Cl)cc23)C(C)CN1C(=O)OC(C)(C)C. The highest BCUT2D eigenvalue weighted by Gasteiger charge is 2.36. The molecule has 2 unspecified atom stereocenters. The van der Waals surface area contributed by atoms with Gasteiger partial charge in [-0.05, 0) is 56.6 Å². The van der Waals surface area contributed by atoms with Crippen LogP contribution in [-0.4, -0.2) is 96.1 Å². The van der Waals surface area contributed by atoms with Crippen LogP contribution in [0, 0.1) is 5.82 Å². The van der Waals surface area contributed by atoms with Gasteiger partial charge in [-0.15, -0.1) is 0 Å². The van der Waals surface area contributed by atoms with Crippen LogP contribution >= 0.6 is 27.5 Å². The second kappa shape index (κ2) is 11.4. The topological polar surface area (TPSA) is 80.3 Å². The maximum absolute atomic E-state index is 15.3. The number of ether oxygens (including phenoxy) is 3. The molecule has 0 spiro atoms. The molecule has 9 nitrogen and oxygen atoms in total. The van der Waals surface area contributed by atoms with Crippen molar-refractivity contribution in [2.24, 2.45) is 0 Å². The minimum atomic E-state index is -0.588. The van der Waals surface area contributed by atoms with E-state index in [1.54, 1.807) is 11.0 Å². The van der Waals surface area contributed by atoms with Crippen molar-refractivity contribution in [1.29, 1.82) is 0 Å². The van der Waals surface area contributed by atoms with E-state index in [9.17, 15) is 4.79 Å². The summed E-state index contributed by atoms with van der Waals surface area (Å²) in [6.07, 6.45) is -0.357. The summed E-state index contributed by atoms with van der Waals surface area (Å²) in [6, 6.07) is 1.46. The highest BCUT2D eigenvalue weighted by Crippen LogP contribution is 2.37. The van der Waals surface area contributed by atoms with E-state index >= 15 is 4.39 Å². The third-order valence-electron chi connectivity index (χ3n) is 6.41. The van der Waals surface area contributed by atoms with Gasteiger partial charge in [-0.2, -0.15) is 9.97 Å². The van der Waals surface area contributed by atoms with Crippen LogP contribution in [0.3, 0.4) is 0 Å². The van der Waals surface area contributed by atoms with Crippen LogP contribution in [0.25, 0.3) is 10.9 Å². The second-order valence-corrected chi connectivity index (χ2v) is 11.7. The zero-order chi connectivity index (χ0) is 26.9. The molecule has 204 valence electrons. The molecule has 2 fully saturated rings. The number of carbonyl (C=O) groups excluding carboxylic acids is 1. The first-order chi connectivity index (χ1) is 17.4.